The van der Waals surface area contributed by atoms with Gasteiger partial charge in [-0.3, -0.25) is 9.78 Å². The zero-order valence-corrected chi connectivity index (χ0v) is 13.9. The fraction of sp³-hybridized carbons (Fsp3) is 0.294. The Morgan fingerprint density at radius 2 is 1.88 bits per heavy atom. The summed E-state index contributed by atoms with van der Waals surface area (Å²) in [6, 6.07) is 6.21. The van der Waals surface area contributed by atoms with E-state index < -0.39 is 17.6 Å². The van der Waals surface area contributed by atoms with E-state index in [0.717, 1.165) is 49.8 Å². The minimum Gasteiger partial charge on any atom is -0.371 e. The van der Waals surface area contributed by atoms with Crippen molar-refractivity contribution in [3.8, 4) is 0 Å². The van der Waals surface area contributed by atoms with Crippen molar-refractivity contribution in [3.05, 3.63) is 52.8 Å². The summed E-state index contributed by atoms with van der Waals surface area (Å²) in [4.78, 5) is 18.5. The van der Waals surface area contributed by atoms with Crippen LogP contribution in [0.5, 0.6) is 0 Å². The average Bonchev–Trinajstić information content (AvgIpc) is 3.10. The van der Waals surface area contributed by atoms with E-state index >= 15 is 0 Å². The van der Waals surface area contributed by atoms with E-state index in [0.29, 0.717) is 0 Å². The molecule has 0 unspecified atom stereocenters. The largest absolute Gasteiger partial charge is 0.416 e. The molecule has 1 aromatic carbocycles. The second kappa shape index (κ2) is 6.92. The Labute approximate surface area is 147 Å². The van der Waals surface area contributed by atoms with Crippen molar-refractivity contribution in [2.75, 3.05) is 23.3 Å². The third-order valence-electron chi connectivity index (χ3n) is 3.99. The van der Waals surface area contributed by atoms with Crippen LogP contribution in [-0.2, 0) is 6.18 Å². The van der Waals surface area contributed by atoms with Crippen LogP contribution in [0.2, 0.25) is 5.02 Å². The molecule has 3 rings (SSSR count). The van der Waals surface area contributed by atoms with Crippen molar-refractivity contribution in [2.45, 2.75) is 19.0 Å². The maximum Gasteiger partial charge on any atom is 0.416 e. The number of nitrogens with zero attached hydrogens (tertiary/aromatic N) is 2. The molecular weight excluding hydrogens is 355 g/mol. The summed E-state index contributed by atoms with van der Waals surface area (Å²) in [7, 11) is 0. The summed E-state index contributed by atoms with van der Waals surface area (Å²) >= 11 is 5.90. The van der Waals surface area contributed by atoms with Gasteiger partial charge in [0.15, 0.2) is 0 Å². The minimum atomic E-state index is -4.52. The fourth-order valence-electron chi connectivity index (χ4n) is 2.70. The molecule has 0 atom stereocenters. The summed E-state index contributed by atoms with van der Waals surface area (Å²) in [6.07, 6.45) is -0.832. The molecule has 25 heavy (non-hydrogen) atoms. The average molecular weight is 370 g/mol. The lowest BCUT2D eigenvalue weighted by Crippen LogP contribution is -2.20. The van der Waals surface area contributed by atoms with Crippen LogP contribution in [0, 0.1) is 0 Å². The van der Waals surface area contributed by atoms with Crippen LogP contribution in [-0.4, -0.2) is 24.0 Å². The number of anilines is 2. The second-order valence-electron chi connectivity index (χ2n) is 5.74. The maximum absolute atomic E-state index is 12.8. The highest BCUT2D eigenvalue weighted by molar-refractivity contribution is 6.33. The third-order valence-corrected chi connectivity index (χ3v) is 4.32. The smallest absolute Gasteiger partial charge is 0.371 e. The van der Waals surface area contributed by atoms with Gasteiger partial charge >= 0.3 is 6.18 Å². The van der Waals surface area contributed by atoms with Gasteiger partial charge < -0.3 is 10.2 Å². The number of amides is 1. The first-order valence-corrected chi connectivity index (χ1v) is 8.11. The first-order chi connectivity index (χ1) is 11.8. The Hall–Kier alpha value is -2.28. The number of hydrogen-bond acceptors (Lipinski definition) is 3. The summed E-state index contributed by atoms with van der Waals surface area (Å²) in [5.74, 6) is -0.609. The molecule has 0 spiro atoms. The second-order valence-corrected chi connectivity index (χ2v) is 6.15. The Morgan fingerprint density at radius 1 is 1.16 bits per heavy atom. The van der Waals surface area contributed by atoms with Crippen LogP contribution < -0.4 is 10.2 Å². The molecule has 8 heteroatoms. The number of halogens is 4. The first kappa shape index (κ1) is 17.5. The summed E-state index contributed by atoms with van der Waals surface area (Å²) in [5.41, 5.74) is 0.00603. The van der Waals surface area contributed by atoms with E-state index in [1.165, 1.54) is 6.20 Å². The fourth-order valence-corrected chi connectivity index (χ4v) is 2.86. The number of alkyl halides is 3. The van der Waals surface area contributed by atoms with Gasteiger partial charge in [-0.25, -0.2) is 0 Å². The number of nitrogens with one attached hydrogen (secondary N) is 1. The van der Waals surface area contributed by atoms with E-state index in [1.54, 1.807) is 12.1 Å². The highest BCUT2D eigenvalue weighted by Gasteiger charge is 2.31. The number of rotatable bonds is 3. The minimum absolute atomic E-state index is 0.0250. The molecule has 1 N–H and O–H groups in total. The van der Waals surface area contributed by atoms with E-state index in [4.69, 9.17) is 11.6 Å². The van der Waals surface area contributed by atoms with Crippen LogP contribution >= 0.6 is 11.6 Å². The normalized spacial score (nSPS) is 14.6. The predicted molar refractivity (Wildman–Crippen MR) is 90.1 cm³/mol. The standard InChI is InChI=1S/C17H15ClF3N3O/c18-13-4-3-11(17(19,20)21)9-14(13)23-16(25)15-10-12(5-6-22-15)24-7-1-2-8-24/h3-6,9-10H,1-2,7-8H2,(H,23,25). The van der Waals surface area contributed by atoms with Gasteiger partial charge in [0.1, 0.15) is 5.69 Å². The van der Waals surface area contributed by atoms with Gasteiger partial charge in [-0.2, -0.15) is 13.2 Å². The molecule has 2 aromatic rings. The van der Waals surface area contributed by atoms with Crippen molar-refractivity contribution in [3.63, 3.8) is 0 Å². The Balaban J connectivity index is 1.82. The molecule has 1 aliphatic rings. The zero-order valence-electron chi connectivity index (χ0n) is 13.1. The molecule has 1 fully saturated rings. The van der Waals surface area contributed by atoms with Gasteiger partial charge in [0.25, 0.3) is 5.91 Å². The number of benzene rings is 1. The Morgan fingerprint density at radius 3 is 2.56 bits per heavy atom. The number of hydrogen-bond donors (Lipinski definition) is 1. The van der Waals surface area contributed by atoms with Crippen LogP contribution in [0.25, 0.3) is 0 Å². The molecule has 0 bridgehead atoms. The quantitative estimate of drug-likeness (QED) is 0.859. The van der Waals surface area contributed by atoms with E-state index in [2.05, 4.69) is 15.2 Å². The molecular formula is C17H15ClF3N3O. The molecule has 1 aliphatic heterocycles. The van der Waals surface area contributed by atoms with Gasteiger partial charge in [-0.05, 0) is 43.2 Å². The number of pyridine rings is 1. The summed E-state index contributed by atoms with van der Waals surface area (Å²) in [6.45, 7) is 1.81. The van der Waals surface area contributed by atoms with Gasteiger partial charge in [-0.1, -0.05) is 11.6 Å². The van der Waals surface area contributed by atoms with Crippen molar-refractivity contribution in [2.24, 2.45) is 0 Å². The molecule has 1 saturated heterocycles. The van der Waals surface area contributed by atoms with E-state index in [9.17, 15) is 18.0 Å². The number of aromatic nitrogens is 1. The van der Waals surface area contributed by atoms with Crippen molar-refractivity contribution in [1.82, 2.24) is 4.98 Å². The topological polar surface area (TPSA) is 45.2 Å². The molecule has 4 nitrogen and oxygen atoms in total. The zero-order chi connectivity index (χ0) is 18.0. The van der Waals surface area contributed by atoms with Gasteiger partial charge in [0, 0.05) is 25.0 Å². The lowest BCUT2D eigenvalue weighted by molar-refractivity contribution is -0.137. The van der Waals surface area contributed by atoms with E-state index in [-0.39, 0.29) is 16.4 Å². The molecule has 1 amide bonds. The van der Waals surface area contributed by atoms with Crippen LogP contribution in [0.4, 0.5) is 24.5 Å². The van der Waals surface area contributed by atoms with Crippen molar-refractivity contribution >= 4 is 28.9 Å². The lowest BCUT2D eigenvalue weighted by Gasteiger charge is -2.18. The lowest BCUT2D eigenvalue weighted by atomic mass is 10.2. The summed E-state index contributed by atoms with van der Waals surface area (Å²) < 4.78 is 38.4. The predicted octanol–water partition coefficient (Wildman–Crippen LogP) is 4.61. The van der Waals surface area contributed by atoms with Crippen LogP contribution in [0.3, 0.4) is 0 Å². The van der Waals surface area contributed by atoms with Gasteiger partial charge in [0.05, 0.1) is 16.3 Å². The first-order valence-electron chi connectivity index (χ1n) is 7.74. The Bertz CT molecular complexity index is 789. The van der Waals surface area contributed by atoms with Crippen molar-refractivity contribution < 1.29 is 18.0 Å². The third kappa shape index (κ3) is 4.04. The highest BCUT2D eigenvalue weighted by atomic mass is 35.5. The van der Waals surface area contributed by atoms with Crippen LogP contribution in [0.15, 0.2) is 36.5 Å². The van der Waals surface area contributed by atoms with Crippen LogP contribution in [0.1, 0.15) is 28.9 Å². The maximum atomic E-state index is 12.8. The molecule has 1 aromatic heterocycles. The van der Waals surface area contributed by atoms with E-state index in [1.807, 2.05) is 0 Å². The molecule has 132 valence electrons. The van der Waals surface area contributed by atoms with Crippen molar-refractivity contribution in [1.29, 1.82) is 0 Å². The monoisotopic (exact) mass is 369 g/mol. The SMILES string of the molecule is O=C(Nc1cc(C(F)(F)F)ccc1Cl)c1cc(N2CCCC2)ccn1. The molecule has 2 heterocycles. The molecule has 0 aliphatic carbocycles. The summed E-state index contributed by atoms with van der Waals surface area (Å²) in [5, 5.41) is 2.43. The number of carbonyl (C=O) groups is 1. The highest BCUT2D eigenvalue weighted by Crippen LogP contribution is 2.34. The number of carbonyl (C=O) groups excluding carboxylic acids is 1. The Kier molecular flexibility index (Phi) is 4.85. The van der Waals surface area contributed by atoms with Gasteiger partial charge in [0.2, 0.25) is 0 Å². The van der Waals surface area contributed by atoms with Gasteiger partial charge in [-0.15, -0.1) is 0 Å². The molecule has 0 radical (unpaired) electrons. The molecule has 0 saturated carbocycles.